The second kappa shape index (κ2) is 10.9. The molecular formula is C18H31ClO4. The van der Waals surface area contributed by atoms with Crippen molar-refractivity contribution >= 4 is 23.5 Å². The summed E-state index contributed by atoms with van der Waals surface area (Å²) in [6, 6.07) is 0. The van der Waals surface area contributed by atoms with Gasteiger partial charge >= 0.3 is 11.9 Å². The highest BCUT2D eigenvalue weighted by Crippen LogP contribution is 2.28. The van der Waals surface area contributed by atoms with Crippen LogP contribution in [0.4, 0.5) is 0 Å². The summed E-state index contributed by atoms with van der Waals surface area (Å²) in [4.78, 5) is 23.5. The minimum atomic E-state index is -0.247. The highest BCUT2D eigenvalue weighted by atomic mass is 35.5. The molecule has 134 valence electrons. The van der Waals surface area contributed by atoms with Gasteiger partial charge in [-0.3, -0.25) is 9.59 Å². The minimum Gasteiger partial charge on any atom is -0.465 e. The number of hydrogen-bond donors (Lipinski definition) is 0. The first-order valence-electron chi connectivity index (χ1n) is 8.93. The van der Waals surface area contributed by atoms with Crippen LogP contribution in [-0.4, -0.2) is 30.0 Å². The fraction of sp³-hybridized carbons (Fsp3) is 0.889. The Labute approximate surface area is 145 Å². The van der Waals surface area contributed by atoms with Gasteiger partial charge in [0.25, 0.3) is 0 Å². The molecule has 0 aromatic rings. The third-order valence-corrected chi connectivity index (χ3v) is 5.04. The van der Waals surface area contributed by atoms with Crippen molar-refractivity contribution in [2.75, 3.05) is 6.61 Å². The molecule has 1 aliphatic carbocycles. The van der Waals surface area contributed by atoms with Crippen LogP contribution < -0.4 is 0 Å². The van der Waals surface area contributed by atoms with Crippen molar-refractivity contribution in [1.82, 2.24) is 0 Å². The van der Waals surface area contributed by atoms with E-state index in [4.69, 9.17) is 21.1 Å². The summed E-state index contributed by atoms with van der Waals surface area (Å²) in [6.07, 6.45) is 6.12. The van der Waals surface area contributed by atoms with Gasteiger partial charge in [-0.1, -0.05) is 33.6 Å². The average molecular weight is 347 g/mol. The highest BCUT2D eigenvalue weighted by Gasteiger charge is 2.24. The monoisotopic (exact) mass is 346 g/mol. The lowest BCUT2D eigenvalue weighted by Crippen LogP contribution is -2.26. The van der Waals surface area contributed by atoms with Crippen molar-refractivity contribution in [2.45, 2.75) is 83.6 Å². The maximum absolute atomic E-state index is 11.8. The van der Waals surface area contributed by atoms with Gasteiger partial charge in [-0.2, -0.15) is 0 Å². The van der Waals surface area contributed by atoms with E-state index in [0.29, 0.717) is 18.9 Å². The number of halogens is 1. The standard InChI is InChI=1S/C18H31ClO4/c1-4-16(13(2)3)23-18(21)11-7-10-17(20)22-12-14-8-5-6-9-15(14)19/h13-16H,4-12H2,1-3H3. The second-order valence-electron chi connectivity index (χ2n) is 6.78. The van der Waals surface area contributed by atoms with Gasteiger partial charge in [0, 0.05) is 24.1 Å². The van der Waals surface area contributed by atoms with Crippen LogP contribution in [0, 0.1) is 11.8 Å². The summed E-state index contributed by atoms with van der Waals surface area (Å²) in [5.41, 5.74) is 0. The first-order chi connectivity index (χ1) is 10.9. The van der Waals surface area contributed by atoms with Gasteiger partial charge in [0.2, 0.25) is 0 Å². The van der Waals surface area contributed by atoms with Crippen molar-refractivity contribution in [1.29, 1.82) is 0 Å². The summed E-state index contributed by atoms with van der Waals surface area (Å²) in [6.45, 7) is 6.48. The van der Waals surface area contributed by atoms with Gasteiger partial charge in [0.1, 0.15) is 6.10 Å². The summed E-state index contributed by atoms with van der Waals surface area (Å²) < 4.78 is 10.7. The van der Waals surface area contributed by atoms with Gasteiger partial charge in [-0.05, 0) is 31.6 Å². The largest absolute Gasteiger partial charge is 0.465 e. The Morgan fingerprint density at radius 1 is 1.13 bits per heavy atom. The maximum Gasteiger partial charge on any atom is 0.306 e. The Morgan fingerprint density at radius 3 is 2.39 bits per heavy atom. The summed E-state index contributed by atoms with van der Waals surface area (Å²) in [5, 5.41) is 0.119. The van der Waals surface area contributed by atoms with Crippen LogP contribution in [-0.2, 0) is 19.1 Å². The molecule has 1 saturated carbocycles. The molecule has 0 aromatic heterocycles. The van der Waals surface area contributed by atoms with E-state index in [1.807, 2.05) is 20.8 Å². The fourth-order valence-corrected chi connectivity index (χ4v) is 3.27. The third-order valence-electron chi connectivity index (χ3n) is 4.47. The molecule has 4 nitrogen and oxygen atoms in total. The zero-order chi connectivity index (χ0) is 17.2. The van der Waals surface area contributed by atoms with Crippen LogP contribution in [0.2, 0.25) is 0 Å². The fourth-order valence-electron chi connectivity index (χ4n) is 2.92. The molecule has 0 spiro atoms. The molecule has 1 aliphatic rings. The van der Waals surface area contributed by atoms with E-state index in [1.165, 1.54) is 0 Å². The zero-order valence-electron chi connectivity index (χ0n) is 14.7. The van der Waals surface area contributed by atoms with E-state index in [2.05, 4.69) is 0 Å². The van der Waals surface area contributed by atoms with Crippen molar-refractivity contribution < 1.29 is 19.1 Å². The molecule has 0 radical (unpaired) electrons. The predicted molar refractivity (Wildman–Crippen MR) is 91.4 cm³/mol. The van der Waals surface area contributed by atoms with E-state index in [9.17, 15) is 9.59 Å². The van der Waals surface area contributed by atoms with Crippen LogP contribution in [0.15, 0.2) is 0 Å². The quantitative estimate of drug-likeness (QED) is 0.456. The Morgan fingerprint density at radius 2 is 1.78 bits per heavy atom. The number of carbonyl (C=O) groups excluding carboxylic acids is 2. The van der Waals surface area contributed by atoms with Gasteiger partial charge in [-0.15, -0.1) is 11.6 Å². The zero-order valence-corrected chi connectivity index (χ0v) is 15.4. The number of ether oxygens (including phenoxy) is 2. The molecule has 0 heterocycles. The molecule has 0 N–H and O–H groups in total. The Kier molecular flexibility index (Phi) is 9.61. The second-order valence-corrected chi connectivity index (χ2v) is 7.34. The number of alkyl halides is 1. The van der Waals surface area contributed by atoms with Crippen molar-refractivity contribution in [3.8, 4) is 0 Å². The average Bonchev–Trinajstić information content (AvgIpc) is 2.51. The van der Waals surface area contributed by atoms with Gasteiger partial charge in [-0.25, -0.2) is 0 Å². The van der Waals surface area contributed by atoms with Crippen molar-refractivity contribution in [2.24, 2.45) is 11.8 Å². The number of rotatable bonds is 9. The summed E-state index contributed by atoms with van der Waals surface area (Å²) in [5.74, 6) is 0.109. The molecule has 0 aliphatic heterocycles. The smallest absolute Gasteiger partial charge is 0.306 e. The molecular weight excluding hydrogens is 316 g/mol. The summed E-state index contributed by atoms with van der Waals surface area (Å²) >= 11 is 6.25. The predicted octanol–water partition coefficient (Wildman–Crippen LogP) is 4.48. The molecule has 0 amide bonds. The molecule has 3 atom stereocenters. The Bertz CT molecular complexity index is 370. The number of carbonyl (C=O) groups is 2. The molecule has 1 fully saturated rings. The van der Waals surface area contributed by atoms with E-state index in [0.717, 1.165) is 32.1 Å². The lowest BCUT2D eigenvalue weighted by atomic mass is 9.89. The first kappa shape index (κ1) is 20.3. The van der Waals surface area contributed by atoms with Gasteiger partial charge in [0.05, 0.1) is 6.61 Å². The Hall–Kier alpha value is -0.770. The minimum absolute atomic E-state index is 0.0404. The van der Waals surface area contributed by atoms with Crippen LogP contribution in [0.1, 0.15) is 72.1 Å². The highest BCUT2D eigenvalue weighted by molar-refractivity contribution is 6.20. The van der Waals surface area contributed by atoms with Gasteiger partial charge in [0.15, 0.2) is 0 Å². The van der Waals surface area contributed by atoms with Crippen LogP contribution in [0.25, 0.3) is 0 Å². The normalized spacial score (nSPS) is 22.7. The molecule has 23 heavy (non-hydrogen) atoms. The molecule has 0 aromatic carbocycles. The number of hydrogen-bond acceptors (Lipinski definition) is 4. The van der Waals surface area contributed by atoms with Crippen LogP contribution >= 0.6 is 11.6 Å². The van der Waals surface area contributed by atoms with Crippen molar-refractivity contribution in [3.63, 3.8) is 0 Å². The van der Waals surface area contributed by atoms with Crippen LogP contribution in [0.5, 0.6) is 0 Å². The molecule has 3 unspecified atom stereocenters. The first-order valence-corrected chi connectivity index (χ1v) is 9.36. The van der Waals surface area contributed by atoms with E-state index < -0.39 is 0 Å². The van der Waals surface area contributed by atoms with Gasteiger partial charge < -0.3 is 9.47 Å². The molecule has 5 heteroatoms. The third kappa shape index (κ3) is 8.05. The lowest BCUT2D eigenvalue weighted by Gasteiger charge is -2.26. The molecule has 0 saturated heterocycles. The topological polar surface area (TPSA) is 52.6 Å². The lowest BCUT2D eigenvalue weighted by molar-refractivity contribution is -0.152. The SMILES string of the molecule is CCC(OC(=O)CCCC(=O)OCC1CCCCC1Cl)C(C)C. The summed E-state index contributed by atoms with van der Waals surface area (Å²) in [7, 11) is 0. The molecule has 0 bridgehead atoms. The van der Waals surface area contributed by atoms with Crippen LogP contribution in [0.3, 0.4) is 0 Å². The maximum atomic E-state index is 11.8. The number of esters is 2. The Balaban J connectivity index is 2.14. The van der Waals surface area contributed by atoms with Crippen molar-refractivity contribution in [3.05, 3.63) is 0 Å². The van der Waals surface area contributed by atoms with E-state index in [1.54, 1.807) is 0 Å². The van der Waals surface area contributed by atoms with E-state index in [-0.39, 0.29) is 42.2 Å². The van der Waals surface area contributed by atoms with E-state index >= 15 is 0 Å². The molecule has 1 rings (SSSR count).